The second-order valence-corrected chi connectivity index (χ2v) is 7.52. The van der Waals surface area contributed by atoms with Crippen LogP contribution in [0.25, 0.3) is 4.98 Å². The molecule has 2 N–H and O–H groups in total. The molecule has 1 atom stereocenters. The summed E-state index contributed by atoms with van der Waals surface area (Å²) >= 11 is 0. The highest BCUT2D eigenvalue weighted by molar-refractivity contribution is 7.90. The maximum Gasteiger partial charge on any atom is 0.484 e. The van der Waals surface area contributed by atoms with Crippen LogP contribution in [0.15, 0.2) is 71.1 Å². The molecule has 0 saturated heterocycles. The molecule has 0 aromatic heterocycles. The number of sulfonamides is 1. The van der Waals surface area contributed by atoms with Crippen LogP contribution < -0.4 is 4.72 Å². The predicted molar refractivity (Wildman–Crippen MR) is 104 cm³/mol. The number of diazo groups is 1. The molecule has 0 aliphatic carbocycles. The quantitative estimate of drug-likeness (QED) is 0.517. The number of carbonyl (C=O) groups excluding carboxylic acids is 1. The molecule has 0 heterocycles. The van der Waals surface area contributed by atoms with Crippen molar-refractivity contribution in [3.05, 3.63) is 82.3 Å². The molecular weight excluding hydrogens is 398 g/mol. The van der Waals surface area contributed by atoms with Crippen LogP contribution in [0.3, 0.4) is 0 Å². The van der Waals surface area contributed by atoms with Crippen molar-refractivity contribution in [1.29, 1.82) is 5.39 Å². The van der Waals surface area contributed by atoms with Gasteiger partial charge in [-0.1, -0.05) is 48.0 Å². The van der Waals surface area contributed by atoms with E-state index in [-0.39, 0.29) is 11.5 Å². The zero-order valence-corrected chi connectivity index (χ0v) is 16.6. The van der Waals surface area contributed by atoms with Crippen molar-refractivity contribution in [3.63, 3.8) is 0 Å². The molecule has 0 bridgehead atoms. The fraction of sp³-hybridized carbons (Fsp3) is 0.211. The molecule has 0 fully saturated rings. The number of aliphatic hydroxyl groups excluding tert-OH is 1. The van der Waals surface area contributed by atoms with E-state index in [1.165, 1.54) is 24.3 Å². The van der Waals surface area contributed by atoms with Gasteiger partial charge < -0.3 is 14.6 Å². The third kappa shape index (κ3) is 5.70. The summed E-state index contributed by atoms with van der Waals surface area (Å²) in [6, 6.07) is 13.9. The fourth-order valence-electron chi connectivity index (χ4n) is 2.34. The molecule has 0 radical (unpaired) electrons. The number of nitrogens with zero attached hydrogens (tertiary/aromatic N) is 2. The molecule has 1 unspecified atom stereocenters. The van der Waals surface area contributed by atoms with Gasteiger partial charge in [-0.05, 0) is 26.0 Å². The highest BCUT2D eigenvalue weighted by Crippen LogP contribution is 2.29. The van der Waals surface area contributed by atoms with Crippen LogP contribution in [-0.4, -0.2) is 26.2 Å². The van der Waals surface area contributed by atoms with Crippen LogP contribution in [0.1, 0.15) is 24.2 Å². The maximum absolute atomic E-state index is 12.4. The van der Waals surface area contributed by atoms with Crippen molar-refractivity contribution in [1.82, 2.24) is 4.72 Å². The lowest BCUT2D eigenvalue weighted by Crippen LogP contribution is -2.32. The Bertz CT molecular complexity index is 1030. The van der Waals surface area contributed by atoms with E-state index in [0.29, 0.717) is 5.56 Å². The van der Waals surface area contributed by atoms with E-state index in [1.54, 1.807) is 48.9 Å². The smallest absolute Gasteiger partial charge is 0.475 e. The van der Waals surface area contributed by atoms with Crippen molar-refractivity contribution >= 4 is 16.1 Å². The highest BCUT2D eigenvalue weighted by atomic mass is 32.2. The Morgan fingerprint density at radius 1 is 1.17 bits per heavy atom. The summed E-state index contributed by atoms with van der Waals surface area (Å²) < 4.78 is 36.6. The van der Waals surface area contributed by atoms with Crippen molar-refractivity contribution in [2.75, 3.05) is 6.61 Å². The summed E-state index contributed by atoms with van der Waals surface area (Å²) in [5, 5.41) is 19.3. The summed E-state index contributed by atoms with van der Waals surface area (Å²) in [5.41, 5.74) is 0.664. The number of amides is 1. The average Bonchev–Trinajstić information content (AvgIpc) is 2.68. The minimum atomic E-state index is -4.19. The predicted octanol–water partition coefficient (Wildman–Crippen LogP) is 3.77. The molecule has 2 aromatic rings. The first-order valence-electron chi connectivity index (χ1n) is 8.54. The molecule has 9 nitrogen and oxygen atoms in total. The fourth-order valence-corrected chi connectivity index (χ4v) is 3.22. The van der Waals surface area contributed by atoms with Gasteiger partial charge in [0.25, 0.3) is 10.0 Å². The molecular formula is C19H20N3O6S+. The van der Waals surface area contributed by atoms with Gasteiger partial charge in [-0.3, -0.25) is 0 Å². The van der Waals surface area contributed by atoms with E-state index in [4.69, 9.17) is 9.47 Å². The molecule has 1 amide bonds. The van der Waals surface area contributed by atoms with Crippen LogP contribution >= 0.6 is 0 Å². The second-order valence-electron chi connectivity index (χ2n) is 5.84. The first-order chi connectivity index (χ1) is 13.8. The van der Waals surface area contributed by atoms with Gasteiger partial charge in [-0.25, -0.2) is 17.9 Å². The zero-order valence-electron chi connectivity index (χ0n) is 15.8. The van der Waals surface area contributed by atoms with Gasteiger partial charge in [-0.15, -0.1) is 0 Å². The molecule has 2 aromatic carbocycles. The van der Waals surface area contributed by atoms with Crippen molar-refractivity contribution in [2.24, 2.45) is 0 Å². The Kier molecular flexibility index (Phi) is 7.16. The van der Waals surface area contributed by atoms with E-state index >= 15 is 0 Å². The largest absolute Gasteiger partial charge is 0.484 e. The number of hydrogen-bond acceptors (Lipinski definition) is 7. The Morgan fingerprint density at radius 3 is 2.34 bits per heavy atom. The molecule has 2 rings (SSSR count). The minimum absolute atomic E-state index is 0.0559. The van der Waals surface area contributed by atoms with Crippen LogP contribution in [0.4, 0.5) is 4.79 Å². The van der Waals surface area contributed by atoms with Gasteiger partial charge in [-0.2, -0.15) is 0 Å². The summed E-state index contributed by atoms with van der Waals surface area (Å²) in [6.45, 7) is 3.43. The topological polar surface area (TPSA) is 130 Å². The van der Waals surface area contributed by atoms with Gasteiger partial charge in [0.2, 0.25) is 11.5 Å². The number of aryl methyl sites for hydroxylation is 1. The van der Waals surface area contributed by atoms with Crippen molar-refractivity contribution in [3.8, 4) is 0 Å². The molecule has 29 heavy (non-hydrogen) atoms. The maximum atomic E-state index is 12.4. The van der Waals surface area contributed by atoms with E-state index in [9.17, 15) is 23.7 Å². The van der Waals surface area contributed by atoms with Gasteiger partial charge >= 0.3 is 17.7 Å². The Labute approximate surface area is 168 Å². The van der Waals surface area contributed by atoms with Crippen molar-refractivity contribution < 1.29 is 27.8 Å². The molecule has 0 aliphatic rings. The summed E-state index contributed by atoms with van der Waals surface area (Å²) in [6.07, 6.45) is -2.76. The monoisotopic (exact) mass is 418 g/mol. The van der Waals surface area contributed by atoms with Crippen LogP contribution in [0, 0.1) is 12.3 Å². The lowest BCUT2D eigenvalue weighted by Gasteiger charge is -2.14. The molecule has 10 heteroatoms. The van der Waals surface area contributed by atoms with Gasteiger partial charge in [0, 0.05) is 5.56 Å². The highest BCUT2D eigenvalue weighted by Gasteiger charge is 2.38. The van der Waals surface area contributed by atoms with E-state index in [1.807, 2.05) is 0 Å². The van der Waals surface area contributed by atoms with E-state index in [2.05, 4.69) is 4.98 Å². The lowest BCUT2D eigenvalue weighted by atomic mass is 10.1. The number of benzene rings is 2. The molecule has 152 valence electrons. The molecule has 0 aliphatic heterocycles. The lowest BCUT2D eigenvalue weighted by molar-refractivity contribution is 0.0793. The first kappa shape index (κ1) is 21.7. The number of ether oxygens (including phenoxy) is 2. The summed E-state index contributed by atoms with van der Waals surface area (Å²) in [5.74, 6) is -0.766. The number of hydrogen-bond donors (Lipinski definition) is 2. The SMILES string of the molecule is CCO/C(O)=C(\[N+]#N)C(OC(=O)NS(=O)(=O)c1ccc(C)cc1)c1ccccc1. The Balaban J connectivity index is 2.31. The molecule has 0 spiro atoms. The van der Waals surface area contributed by atoms with Crippen LogP contribution in [0.5, 0.6) is 0 Å². The van der Waals surface area contributed by atoms with Crippen molar-refractivity contribution in [2.45, 2.75) is 24.8 Å². The normalized spacial score (nSPS) is 12.9. The average molecular weight is 418 g/mol. The van der Waals surface area contributed by atoms with Crippen LogP contribution in [0.2, 0.25) is 0 Å². The number of aliphatic hydroxyl groups is 1. The standard InChI is InChI=1S/C19H19N3O6S/c1-3-27-18(23)16(21-20)17(14-7-5-4-6-8-14)28-19(24)22-29(25,26)15-11-9-13(2)10-12-15/h4-12,17H,3H2,1-2H3,(H-,22,23,24)/p+1/b18-16-. The Morgan fingerprint density at radius 2 is 1.79 bits per heavy atom. The number of nitrogens with one attached hydrogen (secondary N) is 1. The first-order valence-corrected chi connectivity index (χ1v) is 10.0. The van der Waals surface area contributed by atoms with E-state index < -0.39 is 33.9 Å². The third-order valence-corrected chi connectivity index (χ3v) is 5.06. The summed E-state index contributed by atoms with van der Waals surface area (Å²) in [4.78, 5) is 15.1. The third-order valence-electron chi connectivity index (χ3n) is 3.73. The minimum Gasteiger partial charge on any atom is -0.475 e. The number of carbonyl (C=O) groups is 1. The van der Waals surface area contributed by atoms with Gasteiger partial charge in [0.15, 0.2) is 4.98 Å². The zero-order chi connectivity index (χ0) is 21.4. The van der Waals surface area contributed by atoms with Gasteiger partial charge in [0.1, 0.15) is 0 Å². The second kappa shape index (κ2) is 9.57. The summed E-state index contributed by atoms with van der Waals surface area (Å²) in [7, 11) is -4.19. The molecule has 0 saturated carbocycles. The van der Waals surface area contributed by atoms with Crippen LogP contribution in [-0.2, 0) is 19.5 Å². The number of rotatable bonds is 7. The van der Waals surface area contributed by atoms with E-state index in [0.717, 1.165) is 5.56 Å². The Hall–Kier alpha value is -3.58. The van der Waals surface area contributed by atoms with Gasteiger partial charge in [0.05, 0.1) is 11.5 Å².